The van der Waals surface area contributed by atoms with Crippen molar-refractivity contribution in [1.82, 2.24) is 5.48 Å². The maximum atomic E-state index is 12.9. The summed E-state index contributed by atoms with van der Waals surface area (Å²) in [6.07, 6.45) is 0. The zero-order valence-electron chi connectivity index (χ0n) is 12.5. The first-order valence-electron chi connectivity index (χ1n) is 6.83. The van der Waals surface area contributed by atoms with Crippen LogP contribution >= 0.6 is 11.6 Å². The molecule has 0 unspecified atom stereocenters. The summed E-state index contributed by atoms with van der Waals surface area (Å²) >= 11 is 5.97. The molecule has 128 valence electrons. The van der Waals surface area contributed by atoms with Crippen molar-refractivity contribution in [2.75, 3.05) is 11.3 Å². The van der Waals surface area contributed by atoms with E-state index in [1.807, 2.05) is 0 Å². The zero-order chi connectivity index (χ0) is 17.7. The third-order valence-corrected chi connectivity index (χ3v) is 4.62. The normalized spacial score (nSPS) is 11.1. The average molecular weight is 373 g/mol. The summed E-state index contributed by atoms with van der Waals surface area (Å²) in [5.74, 6) is -1.10. The molecule has 0 saturated carbocycles. The highest BCUT2D eigenvalue weighted by Gasteiger charge is 2.17. The molecule has 2 rings (SSSR count). The van der Waals surface area contributed by atoms with Gasteiger partial charge in [-0.1, -0.05) is 11.6 Å². The minimum absolute atomic E-state index is 0.0186. The first kappa shape index (κ1) is 18.2. The van der Waals surface area contributed by atoms with E-state index in [1.54, 1.807) is 6.92 Å². The second-order valence-corrected chi connectivity index (χ2v) is 6.71. The molecule has 2 aromatic carbocycles. The summed E-state index contributed by atoms with van der Waals surface area (Å²) in [5.41, 5.74) is 2.37. The molecule has 0 atom stereocenters. The predicted molar refractivity (Wildman–Crippen MR) is 87.8 cm³/mol. The Hall–Kier alpha value is -2.16. The number of amides is 1. The van der Waals surface area contributed by atoms with E-state index in [4.69, 9.17) is 16.4 Å². The Bertz CT molecular complexity index is 841. The molecular formula is C15H14ClFN2O4S. The summed E-state index contributed by atoms with van der Waals surface area (Å²) in [6, 6.07) is 8.38. The second-order valence-electron chi connectivity index (χ2n) is 4.62. The number of benzene rings is 2. The highest BCUT2D eigenvalue weighted by molar-refractivity contribution is 7.92. The molecule has 0 aliphatic rings. The molecule has 0 heterocycles. The average Bonchev–Trinajstić information content (AvgIpc) is 2.55. The van der Waals surface area contributed by atoms with Gasteiger partial charge in [0.2, 0.25) is 0 Å². The zero-order valence-corrected chi connectivity index (χ0v) is 14.1. The Balaban J connectivity index is 2.28. The summed E-state index contributed by atoms with van der Waals surface area (Å²) in [4.78, 5) is 16.5. The molecule has 0 aliphatic heterocycles. The molecule has 0 fully saturated rings. The van der Waals surface area contributed by atoms with Crippen LogP contribution in [-0.4, -0.2) is 20.9 Å². The Labute approximate surface area is 143 Å². The summed E-state index contributed by atoms with van der Waals surface area (Å²) < 4.78 is 39.8. The van der Waals surface area contributed by atoms with E-state index in [-0.39, 0.29) is 27.8 Å². The lowest BCUT2D eigenvalue weighted by Gasteiger charge is -2.11. The van der Waals surface area contributed by atoms with Crippen LogP contribution in [0.25, 0.3) is 0 Å². The van der Waals surface area contributed by atoms with Gasteiger partial charge in [0.1, 0.15) is 5.82 Å². The molecule has 0 aromatic heterocycles. The number of nitrogens with one attached hydrogen (secondary N) is 2. The molecule has 0 spiro atoms. The first-order valence-corrected chi connectivity index (χ1v) is 8.69. The lowest BCUT2D eigenvalue weighted by Crippen LogP contribution is -2.23. The van der Waals surface area contributed by atoms with Gasteiger partial charge in [0.25, 0.3) is 15.9 Å². The Morgan fingerprint density at radius 3 is 2.50 bits per heavy atom. The lowest BCUT2D eigenvalue weighted by atomic mass is 10.2. The number of carbonyl (C=O) groups is 1. The highest BCUT2D eigenvalue weighted by atomic mass is 35.5. The fourth-order valence-corrected chi connectivity index (χ4v) is 3.05. The summed E-state index contributed by atoms with van der Waals surface area (Å²) in [6.45, 7) is 1.98. The minimum Gasteiger partial charge on any atom is -0.278 e. The van der Waals surface area contributed by atoms with Crippen LogP contribution < -0.4 is 10.2 Å². The van der Waals surface area contributed by atoms with E-state index < -0.39 is 21.7 Å². The van der Waals surface area contributed by atoms with Crippen molar-refractivity contribution in [3.05, 3.63) is 58.9 Å². The van der Waals surface area contributed by atoms with Gasteiger partial charge in [0.15, 0.2) is 0 Å². The number of rotatable bonds is 6. The molecule has 0 saturated heterocycles. The Morgan fingerprint density at radius 1 is 1.21 bits per heavy atom. The third kappa shape index (κ3) is 4.44. The van der Waals surface area contributed by atoms with Crippen LogP contribution in [0.15, 0.2) is 47.4 Å². The minimum atomic E-state index is -3.98. The molecular weight excluding hydrogens is 359 g/mol. The fraction of sp³-hybridized carbons (Fsp3) is 0.133. The Kier molecular flexibility index (Phi) is 5.76. The van der Waals surface area contributed by atoms with Gasteiger partial charge in [-0.25, -0.2) is 18.3 Å². The molecule has 1 amide bonds. The standard InChI is InChI=1S/C15H14ClFN2O4S/c1-2-23-18-15(20)10-3-8-13(16)14(9-10)19-24(21,22)12-6-4-11(17)5-7-12/h3-9,19H,2H2,1H3,(H,18,20). The molecule has 0 aliphatic carbocycles. The smallest absolute Gasteiger partial charge is 0.274 e. The van der Waals surface area contributed by atoms with Gasteiger partial charge in [-0.3, -0.25) is 14.4 Å². The summed E-state index contributed by atoms with van der Waals surface area (Å²) in [5, 5.41) is 0.105. The van der Waals surface area contributed by atoms with Gasteiger partial charge in [-0.05, 0) is 49.4 Å². The van der Waals surface area contributed by atoms with Crippen LogP contribution in [0.3, 0.4) is 0 Å². The Morgan fingerprint density at radius 2 is 1.88 bits per heavy atom. The molecule has 0 radical (unpaired) electrons. The van der Waals surface area contributed by atoms with Crippen LogP contribution in [0.5, 0.6) is 0 Å². The third-order valence-electron chi connectivity index (χ3n) is 2.91. The SMILES string of the molecule is CCONC(=O)c1ccc(Cl)c(NS(=O)(=O)c2ccc(F)cc2)c1. The van der Waals surface area contributed by atoms with Crippen molar-refractivity contribution in [3.8, 4) is 0 Å². The summed E-state index contributed by atoms with van der Waals surface area (Å²) in [7, 11) is -3.98. The highest BCUT2D eigenvalue weighted by Crippen LogP contribution is 2.26. The number of hydroxylamine groups is 1. The molecule has 0 bridgehead atoms. The van der Waals surface area contributed by atoms with Crippen molar-refractivity contribution in [2.24, 2.45) is 0 Å². The van der Waals surface area contributed by atoms with Gasteiger partial charge in [0.05, 0.1) is 22.2 Å². The van der Waals surface area contributed by atoms with Crippen molar-refractivity contribution in [1.29, 1.82) is 0 Å². The topological polar surface area (TPSA) is 84.5 Å². The van der Waals surface area contributed by atoms with Gasteiger partial charge in [-0.2, -0.15) is 0 Å². The van der Waals surface area contributed by atoms with Gasteiger partial charge in [-0.15, -0.1) is 0 Å². The molecule has 2 aromatic rings. The van der Waals surface area contributed by atoms with Crippen LogP contribution in [0.2, 0.25) is 5.02 Å². The molecule has 6 nitrogen and oxygen atoms in total. The number of anilines is 1. The number of carbonyl (C=O) groups excluding carboxylic acids is 1. The van der Waals surface area contributed by atoms with Gasteiger partial charge < -0.3 is 0 Å². The first-order chi connectivity index (χ1) is 11.3. The maximum Gasteiger partial charge on any atom is 0.274 e. The van der Waals surface area contributed by atoms with Crippen molar-refractivity contribution < 1.29 is 22.4 Å². The fourth-order valence-electron chi connectivity index (χ4n) is 1.76. The molecule has 9 heteroatoms. The van der Waals surface area contributed by atoms with E-state index in [0.29, 0.717) is 0 Å². The number of halogens is 2. The van der Waals surface area contributed by atoms with E-state index in [1.165, 1.54) is 18.2 Å². The van der Waals surface area contributed by atoms with Crippen molar-refractivity contribution in [2.45, 2.75) is 11.8 Å². The van der Waals surface area contributed by atoms with E-state index >= 15 is 0 Å². The molecule has 24 heavy (non-hydrogen) atoms. The van der Waals surface area contributed by atoms with E-state index in [0.717, 1.165) is 24.3 Å². The van der Waals surface area contributed by atoms with Crippen LogP contribution in [0, 0.1) is 5.82 Å². The van der Waals surface area contributed by atoms with Crippen LogP contribution in [0.1, 0.15) is 17.3 Å². The van der Waals surface area contributed by atoms with Crippen LogP contribution in [-0.2, 0) is 14.9 Å². The van der Waals surface area contributed by atoms with Crippen molar-refractivity contribution in [3.63, 3.8) is 0 Å². The predicted octanol–water partition coefficient (Wildman–Crippen LogP) is 2.96. The van der Waals surface area contributed by atoms with Gasteiger partial charge in [0, 0.05) is 5.56 Å². The van der Waals surface area contributed by atoms with Crippen molar-refractivity contribution >= 4 is 33.2 Å². The number of sulfonamides is 1. The van der Waals surface area contributed by atoms with E-state index in [2.05, 4.69) is 10.2 Å². The number of hydrogen-bond acceptors (Lipinski definition) is 4. The monoisotopic (exact) mass is 372 g/mol. The van der Waals surface area contributed by atoms with Gasteiger partial charge >= 0.3 is 0 Å². The lowest BCUT2D eigenvalue weighted by molar-refractivity contribution is 0.0364. The maximum absolute atomic E-state index is 12.9. The molecule has 2 N–H and O–H groups in total. The largest absolute Gasteiger partial charge is 0.278 e. The number of hydrogen-bond donors (Lipinski definition) is 2. The van der Waals surface area contributed by atoms with Crippen LogP contribution in [0.4, 0.5) is 10.1 Å². The van der Waals surface area contributed by atoms with E-state index in [9.17, 15) is 17.6 Å². The second kappa shape index (κ2) is 7.61. The quantitative estimate of drug-likeness (QED) is 0.763.